The SMILES string of the molecule is O=C(Nc1nc2c(ccc3ccccc32)s1)c1ccccc1S[C@H]1CCS(=O)(=O)C1. The van der Waals surface area contributed by atoms with E-state index in [1.807, 2.05) is 48.5 Å². The van der Waals surface area contributed by atoms with Crippen LogP contribution in [0.15, 0.2) is 65.6 Å². The van der Waals surface area contributed by atoms with Crippen LogP contribution >= 0.6 is 23.1 Å². The quantitative estimate of drug-likeness (QED) is 0.471. The Morgan fingerprint density at radius 1 is 1.07 bits per heavy atom. The molecule has 30 heavy (non-hydrogen) atoms. The molecule has 0 radical (unpaired) electrons. The first kappa shape index (κ1) is 19.5. The normalized spacial score (nSPS) is 18.1. The molecule has 5 rings (SSSR count). The molecule has 152 valence electrons. The van der Waals surface area contributed by atoms with Gasteiger partial charge in [-0.1, -0.05) is 53.8 Å². The zero-order valence-electron chi connectivity index (χ0n) is 15.9. The van der Waals surface area contributed by atoms with Gasteiger partial charge in [0, 0.05) is 15.5 Å². The number of benzene rings is 3. The largest absolute Gasteiger partial charge is 0.298 e. The molecule has 3 aromatic carbocycles. The maximum Gasteiger partial charge on any atom is 0.258 e. The number of hydrogen-bond acceptors (Lipinski definition) is 6. The summed E-state index contributed by atoms with van der Waals surface area (Å²) in [6.07, 6.45) is 0.619. The van der Waals surface area contributed by atoms with E-state index in [4.69, 9.17) is 0 Å². The monoisotopic (exact) mass is 454 g/mol. The lowest BCUT2D eigenvalue weighted by Crippen LogP contribution is -2.14. The lowest BCUT2D eigenvalue weighted by atomic mass is 10.1. The maximum absolute atomic E-state index is 13.0. The summed E-state index contributed by atoms with van der Waals surface area (Å²) in [5.41, 5.74) is 1.42. The number of nitrogens with zero attached hydrogens (tertiary/aromatic N) is 1. The van der Waals surface area contributed by atoms with E-state index in [2.05, 4.69) is 16.4 Å². The number of rotatable bonds is 4. The fourth-order valence-corrected chi connectivity index (χ4v) is 8.17. The van der Waals surface area contributed by atoms with Gasteiger partial charge in [0.25, 0.3) is 5.91 Å². The van der Waals surface area contributed by atoms with E-state index in [9.17, 15) is 13.2 Å². The highest BCUT2D eigenvalue weighted by Gasteiger charge is 2.29. The van der Waals surface area contributed by atoms with Crippen LogP contribution in [-0.2, 0) is 9.84 Å². The standard InChI is InChI=1S/C22H18N2O3S3/c25-21(17-7-3-4-8-18(17)28-15-11-12-30(26,27)13-15)24-22-23-20-16-6-2-1-5-14(16)9-10-19(20)29-22/h1-10,15H,11-13H2,(H,23,24,25)/t15-/m0/s1. The fourth-order valence-electron chi connectivity index (χ4n) is 3.67. The van der Waals surface area contributed by atoms with Crippen molar-refractivity contribution in [2.45, 2.75) is 16.6 Å². The molecule has 1 saturated heterocycles. The maximum atomic E-state index is 13.0. The highest BCUT2D eigenvalue weighted by molar-refractivity contribution is 8.02. The third-order valence-corrected chi connectivity index (χ3v) is 9.38. The average molecular weight is 455 g/mol. The van der Waals surface area contributed by atoms with Crippen LogP contribution in [0.3, 0.4) is 0 Å². The molecule has 5 nitrogen and oxygen atoms in total. The second-order valence-electron chi connectivity index (χ2n) is 7.25. The lowest BCUT2D eigenvalue weighted by Gasteiger charge is -2.11. The number of aromatic nitrogens is 1. The number of hydrogen-bond donors (Lipinski definition) is 1. The van der Waals surface area contributed by atoms with E-state index < -0.39 is 9.84 Å². The summed E-state index contributed by atoms with van der Waals surface area (Å²) >= 11 is 2.91. The molecule has 1 aliphatic heterocycles. The molecule has 1 N–H and O–H groups in total. The Morgan fingerprint density at radius 2 is 1.87 bits per heavy atom. The van der Waals surface area contributed by atoms with Crippen molar-refractivity contribution in [3.63, 3.8) is 0 Å². The van der Waals surface area contributed by atoms with Crippen LogP contribution in [0, 0.1) is 0 Å². The van der Waals surface area contributed by atoms with Crippen molar-refractivity contribution < 1.29 is 13.2 Å². The third kappa shape index (κ3) is 3.82. The van der Waals surface area contributed by atoms with E-state index >= 15 is 0 Å². The van der Waals surface area contributed by atoms with Gasteiger partial charge in [0.2, 0.25) is 0 Å². The summed E-state index contributed by atoms with van der Waals surface area (Å²) in [6.45, 7) is 0. The Hall–Kier alpha value is -2.42. The van der Waals surface area contributed by atoms with Crippen LogP contribution in [0.1, 0.15) is 16.8 Å². The van der Waals surface area contributed by atoms with Crippen molar-refractivity contribution in [1.82, 2.24) is 4.98 Å². The molecule has 0 saturated carbocycles. The summed E-state index contributed by atoms with van der Waals surface area (Å²) in [5, 5.41) is 5.64. The van der Waals surface area contributed by atoms with Crippen molar-refractivity contribution in [2.75, 3.05) is 16.8 Å². The molecule has 0 spiro atoms. The molecule has 0 bridgehead atoms. The number of carbonyl (C=O) groups excluding carboxylic acids is 1. The topological polar surface area (TPSA) is 76.1 Å². The van der Waals surface area contributed by atoms with Crippen LogP contribution in [0.4, 0.5) is 5.13 Å². The van der Waals surface area contributed by atoms with E-state index in [0.717, 1.165) is 25.9 Å². The van der Waals surface area contributed by atoms with Crippen LogP contribution < -0.4 is 5.32 Å². The summed E-state index contributed by atoms with van der Waals surface area (Å²) in [7, 11) is -2.96. The number of fused-ring (bicyclic) bond motifs is 3. The Kier molecular flexibility index (Phi) is 5.00. The first-order valence-corrected chi connectivity index (χ1v) is 13.1. The number of nitrogens with one attached hydrogen (secondary N) is 1. The molecule has 1 fully saturated rings. The number of sulfone groups is 1. The second-order valence-corrected chi connectivity index (χ2v) is 11.8. The summed E-state index contributed by atoms with van der Waals surface area (Å²) in [6, 6.07) is 19.5. The molecule has 0 aliphatic carbocycles. The smallest absolute Gasteiger partial charge is 0.258 e. The molecule has 1 aliphatic rings. The minimum atomic E-state index is -2.96. The Balaban J connectivity index is 1.41. The number of carbonyl (C=O) groups is 1. The number of thioether (sulfide) groups is 1. The van der Waals surface area contributed by atoms with Gasteiger partial charge in [0.05, 0.1) is 27.3 Å². The highest BCUT2D eigenvalue weighted by Crippen LogP contribution is 2.35. The predicted molar refractivity (Wildman–Crippen MR) is 124 cm³/mol. The van der Waals surface area contributed by atoms with Crippen LogP contribution in [0.2, 0.25) is 0 Å². The summed E-state index contributed by atoms with van der Waals surface area (Å²) < 4.78 is 24.6. The average Bonchev–Trinajstić information content (AvgIpc) is 3.30. The van der Waals surface area contributed by atoms with Gasteiger partial charge in [-0.05, 0) is 30.0 Å². The van der Waals surface area contributed by atoms with Crippen molar-refractivity contribution in [2.24, 2.45) is 0 Å². The third-order valence-electron chi connectivity index (χ3n) is 5.12. The van der Waals surface area contributed by atoms with Crippen molar-refractivity contribution in [1.29, 1.82) is 0 Å². The highest BCUT2D eigenvalue weighted by atomic mass is 32.2. The first-order chi connectivity index (χ1) is 14.5. The van der Waals surface area contributed by atoms with Crippen LogP contribution in [-0.4, -0.2) is 36.1 Å². The van der Waals surface area contributed by atoms with E-state index in [-0.39, 0.29) is 22.7 Å². The molecule has 4 aromatic rings. The van der Waals surface area contributed by atoms with Crippen LogP contribution in [0.25, 0.3) is 21.0 Å². The van der Waals surface area contributed by atoms with Crippen molar-refractivity contribution >= 4 is 65.0 Å². The van der Waals surface area contributed by atoms with Gasteiger partial charge < -0.3 is 0 Å². The van der Waals surface area contributed by atoms with Crippen LogP contribution in [0.5, 0.6) is 0 Å². The molecule has 1 atom stereocenters. The molecule has 1 amide bonds. The van der Waals surface area contributed by atoms with E-state index in [1.54, 1.807) is 6.07 Å². The first-order valence-electron chi connectivity index (χ1n) is 9.54. The fraction of sp³-hybridized carbons (Fsp3) is 0.182. The number of anilines is 1. The molecule has 8 heteroatoms. The zero-order valence-corrected chi connectivity index (χ0v) is 18.3. The molecular formula is C22H18N2O3S3. The van der Waals surface area contributed by atoms with Gasteiger partial charge in [0.1, 0.15) is 0 Å². The van der Waals surface area contributed by atoms with Gasteiger partial charge in [-0.2, -0.15) is 0 Å². The summed E-state index contributed by atoms with van der Waals surface area (Å²) in [4.78, 5) is 18.5. The molecule has 2 heterocycles. The Bertz CT molecular complexity index is 1380. The second kappa shape index (κ2) is 7.68. The van der Waals surface area contributed by atoms with Gasteiger partial charge in [0.15, 0.2) is 15.0 Å². The van der Waals surface area contributed by atoms with E-state index in [0.29, 0.717) is 17.1 Å². The van der Waals surface area contributed by atoms with Gasteiger partial charge in [-0.3, -0.25) is 10.1 Å². The van der Waals surface area contributed by atoms with Gasteiger partial charge in [-0.15, -0.1) is 11.8 Å². The Labute approximate surface area is 182 Å². The zero-order chi connectivity index (χ0) is 20.7. The van der Waals surface area contributed by atoms with Crippen molar-refractivity contribution in [3.8, 4) is 0 Å². The van der Waals surface area contributed by atoms with Crippen molar-refractivity contribution in [3.05, 3.63) is 66.2 Å². The van der Waals surface area contributed by atoms with Gasteiger partial charge in [-0.25, -0.2) is 13.4 Å². The molecule has 0 unspecified atom stereocenters. The molecular weight excluding hydrogens is 436 g/mol. The number of thiazole rings is 1. The number of amides is 1. The molecule has 1 aromatic heterocycles. The Morgan fingerprint density at radius 3 is 2.70 bits per heavy atom. The van der Waals surface area contributed by atoms with E-state index in [1.165, 1.54) is 23.1 Å². The lowest BCUT2D eigenvalue weighted by molar-refractivity contribution is 0.102. The predicted octanol–water partition coefficient (Wildman–Crippen LogP) is 4.98. The minimum Gasteiger partial charge on any atom is -0.298 e. The minimum absolute atomic E-state index is 0.0160. The summed E-state index contributed by atoms with van der Waals surface area (Å²) in [5.74, 6) is 0.152. The van der Waals surface area contributed by atoms with Gasteiger partial charge >= 0.3 is 0 Å².